The minimum Gasteiger partial charge on any atom is -0.362 e. The van der Waals surface area contributed by atoms with E-state index in [2.05, 4.69) is 36.2 Å². The van der Waals surface area contributed by atoms with Gasteiger partial charge in [-0.1, -0.05) is 0 Å². The molecular weight excluding hydrogens is 201 g/mol. The third-order valence-corrected chi connectivity index (χ3v) is 1.34. The highest BCUT2D eigenvalue weighted by Gasteiger charge is 2.07. The van der Waals surface area contributed by atoms with Gasteiger partial charge in [-0.15, -0.1) is 11.7 Å². The Balaban J connectivity index is 0.000000252. The molecule has 0 saturated carbocycles. The van der Waals surface area contributed by atoms with E-state index in [1.54, 1.807) is 0 Å². The van der Waals surface area contributed by atoms with E-state index in [-0.39, 0.29) is 6.26 Å². The molecular formula is C7H15F3N2S. The first kappa shape index (κ1) is 12.5. The van der Waals surface area contributed by atoms with E-state index < -0.39 is 11.2 Å². The fourth-order valence-electron chi connectivity index (χ4n) is 0.794. The molecule has 0 unspecified atom stereocenters. The quantitative estimate of drug-likeness (QED) is 0.665. The van der Waals surface area contributed by atoms with Gasteiger partial charge in [0.15, 0.2) is 0 Å². The summed E-state index contributed by atoms with van der Waals surface area (Å²) in [6, 6.07) is 0. The molecule has 0 radical (unpaired) electrons. The Bertz CT molecular complexity index is 164. The summed E-state index contributed by atoms with van der Waals surface area (Å²) in [7, 11) is 2.08. The molecule has 1 rings (SSSR count). The SMILES string of the molecule is CCN1C=CN(C)C1.CS(F)(F)F. The summed E-state index contributed by atoms with van der Waals surface area (Å²) in [5.41, 5.74) is 0. The minimum absolute atomic E-state index is 0.271. The first-order valence-electron chi connectivity index (χ1n) is 3.82. The molecule has 1 heterocycles. The lowest BCUT2D eigenvalue weighted by Gasteiger charge is -2.14. The maximum Gasteiger partial charge on any atom is 0.206 e. The van der Waals surface area contributed by atoms with Crippen molar-refractivity contribution < 1.29 is 11.7 Å². The number of nitrogens with zero attached hydrogens (tertiary/aromatic N) is 2. The summed E-state index contributed by atoms with van der Waals surface area (Å²) in [6.45, 7) is 4.32. The average Bonchev–Trinajstić information content (AvgIpc) is 2.31. The van der Waals surface area contributed by atoms with Gasteiger partial charge < -0.3 is 9.80 Å². The predicted molar refractivity (Wildman–Crippen MR) is 51.0 cm³/mol. The van der Waals surface area contributed by atoms with Gasteiger partial charge in [-0.3, -0.25) is 0 Å². The molecule has 2 nitrogen and oxygen atoms in total. The van der Waals surface area contributed by atoms with Gasteiger partial charge in [0.05, 0.1) is 6.67 Å². The van der Waals surface area contributed by atoms with E-state index in [0.29, 0.717) is 0 Å². The normalized spacial score (nSPS) is 17.1. The first-order valence-corrected chi connectivity index (χ1v) is 5.57. The molecule has 13 heavy (non-hydrogen) atoms. The zero-order chi connectivity index (χ0) is 10.5. The standard InChI is InChI=1S/C6H12N2.CH3F3S/c1-3-8-5-4-7(2)6-8;1-5(2,3)4/h4-5H,3,6H2,1-2H3;1H3. The second kappa shape index (κ2) is 5.26. The Morgan fingerprint density at radius 3 is 1.92 bits per heavy atom. The monoisotopic (exact) mass is 216 g/mol. The Kier molecular flexibility index (Phi) is 5.05. The Hall–Kier alpha value is -0.520. The number of hydrogen-bond donors (Lipinski definition) is 0. The van der Waals surface area contributed by atoms with Gasteiger partial charge >= 0.3 is 0 Å². The average molecular weight is 216 g/mol. The molecule has 0 N–H and O–H groups in total. The summed E-state index contributed by atoms with van der Waals surface area (Å²) in [5, 5.41) is 0. The third kappa shape index (κ3) is 9.39. The molecule has 0 aromatic carbocycles. The number of rotatable bonds is 1. The van der Waals surface area contributed by atoms with Crippen molar-refractivity contribution in [3.05, 3.63) is 12.4 Å². The van der Waals surface area contributed by atoms with Crippen molar-refractivity contribution in [1.82, 2.24) is 9.80 Å². The van der Waals surface area contributed by atoms with Crippen molar-refractivity contribution in [2.45, 2.75) is 6.92 Å². The van der Waals surface area contributed by atoms with Gasteiger partial charge in [0.25, 0.3) is 0 Å². The largest absolute Gasteiger partial charge is 0.362 e. The molecule has 6 heteroatoms. The van der Waals surface area contributed by atoms with Crippen LogP contribution in [0.15, 0.2) is 12.4 Å². The lowest BCUT2D eigenvalue weighted by Crippen LogP contribution is -2.21. The van der Waals surface area contributed by atoms with Crippen molar-refractivity contribution in [1.29, 1.82) is 0 Å². The van der Waals surface area contributed by atoms with Crippen molar-refractivity contribution in [3.8, 4) is 0 Å². The van der Waals surface area contributed by atoms with Gasteiger partial charge in [-0.25, -0.2) is 0 Å². The summed E-state index contributed by atoms with van der Waals surface area (Å²) in [6.07, 6.45) is 4.47. The Labute approximate surface area is 79.2 Å². The van der Waals surface area contributed by atoms with Crippen LogP contribution in [0, 0.1) is 0 Å². The van der Waals surface area contributed by atoms with E-state index in [1.165, 1.54) is 0 Å². The minimum atomic E-state index is -4.67. The van der Waals surface area contributed by atoms with Gasteiger partial charge in [0, 0.05) is 32.2 Å². The fraction of sp³-hybridized carbons (Fsp3) is 0.714. The summed E-state index contributed by atoms with van der Waals surface area (Å²) < 4.78 is 31.3. The summed E-state index contributed by atoms with van der Waals surface area (Å²) in [5.74, 6) is 0. The van der Waals surface area contributed by atoms with Gasteiger partial charge in [-0.05, 0) is 6.92 Å². The lowest BCUT2D eigenvalue weighted by atomic mass is 10.6. The van der Waals surface area contributed by atoms with Crippen molar-refractivity contribution in [2.75, 3.05) is 26.5 Å². The summed E-state index contributed by atoms with van der Waals surface area (Å²) >= 11 is -4.67. The van der Waals surface area contributed by atoms with Crippen molar-refractivity contribution in [3.63, 3.8) is 0 Å². The van der Waals surface area contributed by atoms with Crippen LogP contribution in [0.4, 0.5) is 11.7 Å². The van der Waals surface area contributed by atoms with Crippen LogP contribution in [-0.4, -0.2) is 36.3 Å². The molecule has 0 aromatic heterocycles. The van der Waals surface area contributed by atoms with E-state index in [1.807, 2.05) is 0 Å². The molecule has 0 spiro atoms. The first-order chi connectivity index (χ1) is 5.83. The van der Waals surface area contributed by atoms with Crippen LogP contribution in [-0.2, 0) is 0 Å². The third-order valence-electron chi connectivity index (χ3n) is 1.34. The molecule has 1 aliphatic rings. The van der Waals surface area contributed by atoms with Gasteiger partial charge in [0.1, 0.15) is 0 Å². The Morgan fingerprint density at radius 1 is 1.31 bits per heavy atom. The Morgan fingerprint density at radius 2 is 1.77 bits per heavy atom. The molecule has 1 aliphatic heterocycles. The van der Waals surface area contributed by atoms with Crippen molar-refractivity contribution >= 4 is 11.2 Å². The molecule has 0 fully saturated rings. The van der Waals surface area contributed by atoms with Crippen LogP contribution >= 0.6 is 11.2 Å². The van der Waals surface area contributed by atoms with E-state index in [4.69, 9.17) is 0 Å². The number of halogens is 3. The van der Waals surface area contributed by atoms with Crippen LogP contribution in [0.25, 0.3) is 0 Å². The van der Waals surface area contributed by atoms with E-state index >= 15 is 0 Å². The maximum absolute atomic E-state index is 10.4. The molecule has 0 aromatic rings. The fourth-order valence-corrected chi connectivity index (χ4v) is 0.794. The van der Waals surface area contributed by atoms with Gasteiger partial charge in [0.2, 0.25) is 11.2 Å². The molecule has 0 aliphatic carbocycles. The highest BCUT2D eigenvalue weighted by molar-refractivity contribution is 8.20. The second-order valence-corrected chi connectivity index (χ2v) is 4.02. The highest BCUT2D eigenvalue weighted by atomic mass is 32.3. The zero-order valence-electron chi connectivity index (χ0n) is 8.01. The molecule has 80 valence electrons. The summed E-state index contributed by atoms with van der Waals surface area (Å²) in [4.78, 5) is 4.41. The molecule has 0 amide bonds. The number of hydrogen-bond acceptors (Lipinski definition) is 2. The predicted octanol–water partition coefficient (Wildman–Crippen LogP) is 2.76. The van der Waals surface area contributed by atoms with Crippen LogP contribution < -0.4 is 0 Å². The molecule has 0 saturated heterocycles. The van der Waals surface area contributed by atoms with Crippen LogP contribution in [0.3, 0.4) is 0 Å². The maximum atomic E-state index is 10.4. The smallest absolute Gasteiger partial charge is 0.206 e. The van der Waals surface area contributed by atoms with Crippen LogP contribution in [0.1, 0.15) is 6.92 Å². The van der Waals surface area contributed by atoms with E-state index in [0.717, 1.165) is 13.2 Å². The van der Waals surface area contributed by atoms with E-state index in [9.17, 15) is 11.7 Å². The molecule has 0 atom stereocenters. The lowest BCUT2D eigenvalue weighted by molar-refractivity contribution is 0.308. The molecule has 0 bridgehead atoms. The van der Waals surface area contributed by atoms with Gasteiger partial charge in [-0.2, -0.15) is 0 Å². The van der Waals surface area contributed by atoms with Crippen LogP contribution in [0.2, 0.25) is 0 Å². The topological polar surface area (TPSA) is 6.48 Å². The highest BCUT2D eigenvalue weighted by Crippen LogP contribution is 2.48. The second-order valence-electron chi connectivity index (χ2n) is 2.74. The van der Waals surface area contributed by atoms with Crippen molar-refractivity contribution in [2.24, 2.45) is 0 Å². The zero-order valence-corrected chi connectivity index (χ0v) is 8.82. The van der Waals surface area contributed by atoms with Crippen LogP contribution in [0.5, 0.6) is 0 Å².